The van der Waals surface area contributed by atoms with E-state index >= 15 is 0 Å². The Hall–Kier alpha value is -3.61. The second-order valence-corrected chi connectivity index (χ2v) is 5.52. The molecule has 3 aromatic rings. The number of hydrogen-bond acceptors (Lipinski definition) is 5. The van der Waals surface area contributed by atoms with E-state index in [1.807, 2.05) is 48.5 Å². The van der Waals surface area contributed by atoms with Crippen molar-refractivity contribution in [1.29, 1.82) is 0 Å². The first-order valence-electron chi connectivity index (χ1n) is 8.47. The SMILES string of the molecule is CCOC(=O)c1cnn(-c2ccccc2)c1NC(=O)COc1ccccc1. The van der Waals surface area contributed by atoms with Gasteiger partial charge in [-0.2, -0.15) is 5.10 Å². The van der Waals surface area contributed by atoms with Gasteiger partial charge >= 0.3 is 5.97 Å². The molecule has 7 nitrogen and oxygen atoms in total. The fourth-order valence-electron chi connectivity index (χ4n) is 2.43. The largest absolute Gasteiger partial charge is 0.484 e. The molecule has 0 aliphatic carbocycles. The van der Waals surface area contributed by atoms with E-state index in [2.05, 4.69) is 10.4 Å². The Morgan fingerprint density at radius 1 is 1.04 bits per heavy atom. The first-order valence-corrected chi connectivity index (χ1v) is 8.47. The third kappa shape index (κ3) is 4.52. The summed E-state index contributed by atoms with van der Waals surface area (Å²) in [5.41, 5.74) is 0.876. The van der Waals surface area contributed by atoms with E-state index in [4.69, 9.17) is 9.47 Å². The molecule has 0 aliphatic heterocycles. The summed E-state index contributed by atoms with van der Waals surface area (Å²) in [4.78, 5) is 24.6. The van der Waals surface area contributed by atoms with Crippen molar-refractivity contribution < 1.29 is 19.1 Å². The fourth-order valence-corrected chi connectivity index (χ4v) is 2.43. The van der Waals surface area contributed by atoms with Gasteiger partial charge in [-0.15, -0.1) is 0 Å². The predicted molar refractivity (Wildman–Crippen MR) is 100 cm³/mol. The molecular weight excluding hydrogens is 346 g/mol. The lowest BCUT2D eigenvalue weighted by Gasteiger charge is -2.11. The maximum atomic E-state index is 12.4. The topological polar surface area (TPSA) is 82.5 Å². The molecule has 0 saturated carbocycles. The molecule has 1 N–H and O–H groups in total. The van der Waals surface area contributed by atoms with Gasteiger partial charge in [0.1, 0.15) is 11.3 Å². The van der Waals surface area contributed by atoms with Crippen LogP contribution in [0.25, 0.3) is 5.69 Å². The summed E-state index contributed by atoms with van der Waals surface area (Å²) in [6, 6.07) is 18.2. The molecule has 0 atom stereocenters. The Morgan fingerprint density at radius 3 is 2.37 bits per heavy atom. The maximum absolute atomic E-state index is 12.4. The van der Waals surface area contributed by atoms with Crippen LogP contribution in [0.15, 0.2) is 66.9 Å². The summed E-state index contributed by atoms with van der Waals surface area (Å²) >= 11 is 0. The van der Waals surface area contributed by atoms with Crippen LogP contribution in [-0.2, 0) is 9.53 Å². The van der Waals surface area contributed by atoms with Gasteiger partial charge in [-0.05, 0) is 31.2 Å². The van der Waals surface area contributed by atoms with Crippen LogP contribution in [0.2, 0.25) is 0 Å². The van der Waals surface area contributed by atoms with Gasteiger partial charge in [0.25, 0.3) is 5.91 Å². The molecule has 3 rings (SSSR count). The number of nitrogens with one attached hydrogen (secondary N) is 1. The van der Waals surface area contributed by atoms with Crippen molar-refractivity contribution in [3.63, 3.8) is 0 Å². The number of amides is 1. The lowest BCUT2D eigenvalue weighted by Crippen LogP contribution is -2.23. The standard InChI is InChI=1S/C20H19N3O4/c1-2-26-20(25)17-13-21-23(15-9-5-3-6-10-15)19(17)22-18(24)14-27-16-11-7-4-8-12-16/h3-13H,2,14H2,1H3,(H,22,24). The first kappa shape index (κ1) is 18.2. The molecule has 0 spiro atoms. The molecule has 27 heavy (non-hydrogen) atoms. The van der Waals surface area contributed by atoms with Crippen LogP contribution in [-0.4, -0.2) is 34.9 Å². The van der Waals surface area contributed by atoms with Crippen molar-refractivity contribution in [1.82, 2.24) is 9.78 Å². The zero-order valence-electron chi connectivity index (χ0n) is 14.8. The average Bonchev–Trinajstić information content (AvgIpc) is 3.11. The third-order valence-corrected chi connectivity index (χ3v) is 3.64. The fraction of sp³-hybridized carbons (Fsp3) is 0.150. The number of carbonyl (C=O) groups is 2. The second kappa shape index (κ2) is 8.66. The summed E-state index contributed by atoms with van der Waals surface area (Å²) in [7, 11) is 0. The molecule has 1 amide bonds. The van der Waals surface area contributed by atoms with Gasteiger partial charge in [0.05, 0.1) is 18.5 Å². The van der Waals surface area contributed by atoms with E-state index in [9.17, 15) is 9.59 Å². The molecule has 0 unspecified atom stereocenters. The zero-order chi connectivity index (χ0) is 19.1. The zero-order valence-corrected chi connectivity index (χ0v) is 14.8. The number of aromatic nitrogens is 2. The van der Waals surface area contributed by atoms with E-state index in [0.29, 0.717) is 11.4 Å². The Kier molecular flexibility index (Phi) is 5.84. The van der Waals surface area contributed by atoms with Gasteiger partial charge in [-0.1, -0.05) is 36.4 Å². The maximum Gasteiger partial charge on any atom is 0.343 e. The monoisotopic (exact) mass is 365 g/mol. The Balaban J connectivity index is 1.82. The Bertz CT molecular complexity index is 907. The highest BCUT2D eigenvalue weighted by atomic mass is 16.5. The van der Waals surface area contributed by atoms with Crippen LogP contribution in [0.1, 0.15) is 17.3 Å². The summed E-state index contributed by atoms with van der Waals surface area (Å²) in [5.74, 6) is -0.155. The van der Waals surface area contributed by atoms with Crippen molar-refractivity contribution in [2.45, 2.75) is 6.92 Å². The highest BCUT2D eigenvalue weighted by Gasteiger charge is 2.21. The molecule has 1 heterocycles. The molecular formula is C20H19N3O4. The highest BCUT2D eigenvalue weighted by molar-refractivity contribution is 6.00. The number of carbonyl (C=O) groups excluding carboxylic acids is 2. The van der Waals surface area contributed by atoms with Gasteiger partial charge in [-0.3, -0.25) is 4.79 Å². The number of benzene rings is 2. The minimum Gasteiger partial charge on any atom is -0.484 e. The van der Waals surface area contributed by atoms with Crippen LogP contribution >= 0.6 is 0 Å². The van der Waals surface area contributed by atoms with Gasteiger partial charge in [0.2, 0.25) is 0 Å². The van der Waals surface area contributed by atoms with E-state index in [1.165, 1.54) is 10.9 Å². The molecule has 0 aliphatic rings. The molecule has 0 saturated heterocycles. The minimum absolute atomic E-state index is 0.175. The van der Waals surface area contributed by atoms with E-state index in [1.54, 1.807) is 19.1 Å². The summed E-state index contributed by atoms with van der Waals surface area (Å²) < 4.78 is 12.0. The molecule has 0 radical (unpaired) electrons. The van der Waals surface area contributed by atoms with E-state index in [0.717, 1.165) is 0 Å². The van der Waals surface area contributed by atoms with Crippen LogP contribution in [0.5, 0.6) is 5.75 Å². The average molecular weight is 365 g/mol. The number of anilines is 1. The Labute approximate surface area is 156 Å². The smallest absolute Gasteiger partial charge is 0.343 e. The molecule has 7 heteroatoms. The molecule has 1 aromatic heterocycles. The van der Waals surface area contributed by atoms with Crippen molar-refractivity contribution in [2.75, 3.05) is 18.5 Å². The number of hydrogen-bond donors (Lipinski definition) is 1. The number of rotatable bonds is 7. The van der Waals surface area contributed by atoms with Crippen LogP contribution < -0.4 is 10.1 Å². The Morgan fingerprint density at radius 2 is 1.70 bits per heavy atom. The second-order valence-electron chi connectivity index (χ2n) is 5.52. The molecule has 138 valence electrons. The summed E-state index contributed by atoms with van der Waals surface area (Å²) in [6.07, 6.45) is 1.37. The number of para-hydroxylation sites is 2. The first-order chi connectivity index (χ1) is 13.2. The highest BCUT2D eigenvalue weighted by Crippen LogP contribution is 2.21. The van der Waals surface area contributed by atoms with Crippen LogP contribution in [0, 0.1) is 0 Å². The van der Waals surface area contributed by atoms with Crippen molar-refractivity contribution >= 4 is 17.7 Å². The van der Waals surface area contributed by atoms with E-state index < -0.39 is 11.9 Å². The van der Waals surface area contributed by atoms with E-state index in [-0.39, 0.29) is 24.6 Å². The summed E-state index contributed by atoms with van der Waals surface area (Å²) in [6.45, 7) is 1.73. The van der Waals surface area contributed by atoms with Crippen LogP contribution in [0.4, 0.5) is 5.82 Å². The number of nitrogens with zero attached hydrogens (tertiary/aromatic N) is 2. The van der Waals surface area contributed by atoms with Crippen LogP contribution in [0.3, 0.4) is 0 Å². The number of esters is 1. The summed E-state index contributed by atoms with van der Waals surface area (Å²) in [5, 5.41) is 6.92. The van der Waals surface area contributed by atoms with Gasteiger partial charge in [-0.25, -0.2) is 9.48 Å². The lowest BCUT2D eigenvalue weighted by atomic mass is 10.3. The van der Waals surface area contributed by atoms with Gasteiger partial charge in [0.15, 0.2) is 12.4 Å². The molecule has 0 bridgehead atoms. The van der Waals surface area contributed by atoms with Gasteiger partial charge < -0.3 is 14.8 Å². The van der Waals surface area contributed by atoms with Crippen molar-refractivity contribution in [3.8, 4) is 11.4 Å². The van der Waals surface area contributed by atoms with Gasteiger partial charge in [0, 0.05) is 0 Å². The third-order valence-electron chi connectivity index (χ3n) is 3.64. The predicted octanol–water partition coefficient (Wildman–Crippen LogP) is 3.07. The quantitative estimate of drug-likeness (QED) is 0.651. The lowest BCUT2D eigenvalue weighted by molar-refractivity contribution is -0.118. The van der Waals surface area contributed by atoms with Crippen molar-refractivity contribution in [2.24, 2.45) is 0 Å². The van der Waals surface area contributed by atoms with Crippen molar-refractivity contribution in [3.05, 3.63) is 72.4 Å². The normalized spacial score (nSPS) is 10.3. The molecule has 2 aromatic carbocycles. The molecule has 0 fully saturated rings. The minimum atomic E-state index is -0.557. The number of ether oxygens (including phenoxy) is 2.